The second kappa shape index (κ2) is 9.72. The van der Waals surface area contributed by atoms with Gasteiger partial charge in [-0.05, 0) is 44.7 Å². The molecule has 6 heteroatoms. The summed E-state index contributed by atoms with van der Waals surface area (Å²) < 4.78 is 11.5. The van der Waals surface area contributed by atoms with E-state index in [-0.39, 0.29) is 12.0 Å². The average molecular weight is 371 g/mol. The molecule has 0 unspecified atom stereocenters. The fourth-order valence-electron chi connectivity index (χ4n) is 3.74. The fraction of sp³-hybridized carbons (Fsp3) is 0.619. The molecule has 27 heavy (non-hydrogen) atoms. The average Bonchev–Trinajstić information content (AvgIpc) is 2.98. The molecule has 146 valence electrons. The van der Waals surface area contributed by atoms with Gasteiger partial charge in [-0.3, -0.25) is 4.79 Å². The van der Waals surface area contributed by atoms with Crippen molar-refractivity contribution in [1.82, 2.24) is 4.90 Å². The van der Waals surface area contributed by atoms with Crippen molar-refractivity contribution in [2.24, 2.45) is 0 Å². The second-order valence-corrected chi connectivity index (χ2v) is 7.26. The summed E-state index contributed by atoms with van der Waals surface area (Å²) in [5.74, 6) is 0.0428. The Morgan fingerprint density at radius 2 is 2.11 bits per heavy atom. The topological polar surface area (TPSA) is 65.8 Å². The van der Waals surface area contributed by atoms with Crippen molar-refractivity contribution in [3.05, 3.63) is 29.8 Å². The van der Waals surface area contributed by atoms with E-state index in [1.807, 2.05) is 36.1 Å². The van der Waals surface area contributed by atoms with Gasteiger partial charge in [0.1, 0.15) is 12.2 Å². The molecule has 1 amide bonds. The molecular formula is C21H29N3O3. The first-order valence-electron chi connectivity index (χ1n) is 9.95. The standard InChI is InChI=1S/C21H29N3O3/c1-17(27-16-19-8-4-5-14-26-19)21(25)24-11-6-10-23(12-13-24)20-9-3-2-7-18(20)15-22/h2-3,7,9,17,19H,4-6,8,10-14,16H2,1H3/t17-,19+/m0/s1. The zero-order valence-corrected chi connectivity index (χ0v) is 16.1. The van der Waals surface area contributed by atoms with Crippen molar-refractivity contribution in [2.45, 2.75) is 44.8 Å². The number of nitriles is 1. The van der Waals surface area contributed by atoms with Gasteiger partial charge in [-0.1, -0.05) is 12.1 Å². The van der Waals surface area contributed by atoms with E-state index in [0.717, 1.165) is 51.2 Å². The van der Waals surface area contributed by atoms with Crippen LogP contribution in [0.2, 0.25) is 0 Å². The fourth-order valence-corrected chi connectivity index (χ4v) is 3.74. The molecule has 2 heterocycles. The highest BCUT2D eigenvalue weighted by molar-refractivity contribution is 5.80. The van der Waals surface area contributed by atoms with Crippen LogP contribution in [-0.4, -0.2) is 62.4 Å². The molecule has 2 saturated heterocycles. The largest absolute Gasteiger partial charge is 0.376 e. The van der Waals surface area contributed by atoms with Crippen LogP contribution < -0.4 is 4.90 Å². The predicted octanol–water partition coefficient (Wildman–Crippen LogP) is 2.57. The van der Waals surface area contributed by atoms with Crippen molar-refractivity contribution in [3.63, 3.8) is 0 Å². The lowest BCUT2D eigenvalue weighted by atomic mass is 10.1. The number of anilines is 1. The molecule has 0 bridgehead atoms. The summed E-state index contributed by atoms with van der Waals surface area (Å²) in [6, 6.07) is 9.91. The molecule has 0 spiro atoms. The highest BCUT2D eigenvalue weighted by Crippen LogP contribution is 2.21. The van der Waals surface area contributed by atoms with Gasteiger partial charge in [0.25, 0.3) is 5.91 Å². The summed E-state index contributed by atoms with van der Waals surface area (Å²) in [5.41, 5.74) is 1.63. The number of hydrogen-bond acceptors (Lipinski definition) is 5. The first-order chi connectivity index (χ1) is 13.2. The van der Waals surface area contributed by atoms with Crippen molar-refractivity contribution >= 4 is 11.6 Å². The van der Waals surface area contributed by atoms with E-state index < -0.39 is 6.10 Å². The van der Waals surface area contributed by atoms with Gasteiger partial charge in [0.15, 0.2) is 0 Å². The minimum absolute atomic E-state index is 0.0428. The summed E-state index contributed by atoms with van der Waals surface area (Å²) in [4.78, 5) is 16.9. The Morgan fingerprint density at radius 1 is 1.26 bits per heavy atom. The van der Waals surface area contributed by atoms with Crippen LogP contribution in [-0.2, 0) is 14.3 Å². The lowest BCUT2D eigenvalue weighted by Crippen LogP contribution is -2.42. The molecule has 2 aliphatic rings. The van der Waals surface area contributed by atoms with Gasteiger partial charge >= 0.3 is 0 Å². The first-order valence-corrected chi connectivity index (χ1v) is 9.95. The third-order valence-electron chi connectivity index (χ3n) is 5.33. The Hall–Kier alpha value is -2.10. The Kier molecular flexibility index (Phi) is 7.08. The molecule has 0 N–H and O–H groups in total. The maximum atomic E-state index is 12.8. The number of rotatable bonds is 5. The molecule has 3 rings (SSSR count). The minimum atomic E-state index is -0.450. The lowest BCUT2D eigenvalue weighted by Gasteiger charge is -2.27. The van der Waals surface area contributed by atoms with E-state index in [0.29, 0.717) is 18.7 Å². The van der Waals surface area contributed by atoms with E-state index in [1.54, 1.807) is 0 Å². The van der Waals surface area contributed by atoms with Crippen LogP contribution in [0.25, 0.3) is 0 Å². The SMILES string of the molecule is C[C@H](OC[C@H]1CCCCO1)C(=O)N1CCCN(c2ccccc2C#N)CC1. The third kappa shape index (κ3) is 5.21. The smallest absolute Gasteiger partial charge is 0.251 e. The second-order valence-electron chi connectivity index (χ2n) is 7.26. The number of benzene rings is 1. The Morgan fingerprint density at radius 3 is 2.89 bits per heavy atom. The van der Waals surface area contributed by atoms with E-state index in [1.165, 1.54) is 6.42 Å². The van der Waals surface area contributed by atoms with Crippen molar-refractivity contribution in [1.29, 1.82) is 5.26 Å². The number of hydrogen-bond donors (Lipinski definition) is 0. The monoisotopic (exact) mass is 371 g/mol. The Labute approximate surface area is 161 Å². The quantitative estimate of drug-likeness (QED) is 0.796. The Bertz CT molecular complexity index is 667. The van der Waals surface area contributed by atoms with Gasteiger partial charge < -0.3 is 19.3 Å². The van der Waals surface area contributed by atoms with Crippen molar-refractivity contribution < 1.29 is 14.3 Å². The van der Waals surface area contributed by atoms with Crippen LogP contribution in [0.5, 0.6) is 0 Å². The molecule has 1 aromatic rings. The van der Waals surface area contributed by atoms with Gasteiger partial charge in [0.2, 0.25) is 0 Å². The number of carbonyl (C=O) groups excluding carboxylic acids is 1. The summed E-state index contributed by atoms with van der Waals surface area (Å²) in [6.07, 6.45) is 3.85. The van der Waals surface area contributed by atoms with Gasteiger partial charge in [-0.15, -0.1) is 0 Å². The van der Waals surface area contributed by atoms with E-state index >= 15 is 0 Å². The van der Waals surface area contributed by atoms with Gasteiger partial charge in [0, 0.05) is 32.8 Å². The maximum Gasteiger partial charge on any atom is 0.251 e. The van der Waals surface area contributed by atoms with Crippen LogP contribution in [0.1, 0.15) is 38.2 Å². The van der Waals surface area contributed by atoms with Crippen LogP contribution in [0.3, 0.4) is 0 Å². The van der Waals surface area contributed by atoms with Crippen LogP contribution >= 0.6 is 0 Å². The summed E-state index contributed by atoms with van der Waals surface area (Å²) in [6.45, 7) is 6.05. The molecule has 0 saturated carbocycles. The van der Waals surface area contributed by atoms with Crippen molar-refractivity contribution in [2.75, 3.05) is 44.3 Å². The van der Waals surface area contributed by atoms with Gasteiger partial charge in [-0.25, -0.2) is 0 Å². The third-order valence-corrected chi connectivity index (χ3v) is 5.33. The van der Waals surface area contributed by atoms with Crippen molar-refractivity contribution in [3.8, 4) is 6.07 Å². The van der Waals surface area contributed by atoms with Crippen LogP contribution in [0.15, 0.2) is 24.3 Å². The molecule has 0 radical (unpaired) electrons. The molecule has 2 fully saturated rings. The molecule has 0 aromatic heterocycles. The Balaban J connectivity index is 1.52. The maximum absolute atomic E-state index is 12.8. The predicted molar refractivity (Wildman–Crippen MR) is 104 cm³/mol. The zero-order valence-electron chi connectivity index (χ0n) is 16.1. The summed E-state index contributed by atoms with van der Waals surface area (Å²) >= 11 is 0. The zero-order chi connectivity index (χ0) is 19.1. The van der Waals surface area contributed by atoms with E-state index in [4.69, 9.17) is 9.47 Å². The van der Waals surface area contributed by atoms with Crippen LogP contribution in [0.4, 0.5) is 5.69 Å². The normalized spacial score (nSPS) is 22.0. The number of carbonyl (C=O) groups is 1. The number of para-hydroxylation sites is 1. The first kappa shape index (κ1) is 19.7. The molecule has 2 atom stereocenters. The lowest BCUT2D eigenvalue weighted by molar-refractivity contribution is -0.145. The highest BCUT2D eigenvalue weighted by Gasteiger charge is 2.25. The molecule has 2 aliphatic heterocycles. The van der Waals surface area contributed by atoms with E-state index in [2.05, 4.69) is 11.0 Å². The van der Waals surface area contributed by atoms with E-state index in [9.17, 15) is 10.1 Å². The molecule has 6 nitrogen and oxygen atoms in total. The molecule has 1 aromatic carbocycles. The van der Waals surface area contributed by atoms with Gasteiger partial charge in [-0.2, -0.15) is 5.26 Å². The minimum Gasteiger partial charge on any atom is -0.376 e. The number of ether oxygens (including phenoxy) is 2. The number of amides is 1. The summed E-state index contributed by atoms with van der Waals surface area (Å²) in [5, 5.41) is 9.33. The molecular weight excluding hydrogens is 342 g/mol. The van der Waals surface area contributed by atoms with Crippen LogP contribution in [0, 0.1) is 11.3 Å². The highest BCUT2D eigenvalue weighted by atomic mass is 16.5. The number of nitrogens with zero attached hydrogens (tertiary/aromatic N) is 3. The molecule has 0 aliphatic carbocycles. The van der Waals surface area contributed by atoms with Gasteiger partial charge in [0.05, 0.1) is 24.0 Å². The summed E-state index contributed by atoms with van der Waals surface area (Å²) in [7, 11) is 0.